The molecule has 1 atom stereocenters. The molecule has 0 aliphatic heterocycles. The number of aryl methyl sites for hydroxylation is 1. The summed E-state index contributed by atoms with van der Waals surface area (Å²) in [6.45, 7) is 12.0. The molecule has 4 aromatic rings. The molecule has 1 amide bonds. The van der Waals surface area contributed by atoms with E-state index in [9.17, 15) is 19.4 Å². The average molecular weight is 495 g/mol. The van der Waals surface area contributed by atoms with Crippen LogP contribution in [0.1, 0.15) is 20.8 Å². The summed E-state index contributed by atoms with van der Waals surface area (Å²) in [6, 6.07) is 5.74. The van der Waals surface area contributed by atoms with Gasteiger partial charge in [-0.1, -0.05) is 0 Å². The van der Waals surface area contributed by atoms with Crippen molar-refractivity contribution in [3.63, 3.8) is 0 Å². The van der Waals surface area contributed by atoms with Crippen molar-refractivity contribution in [2.24, 2.45) is 7.05 Å². The van der Waals surface area contributed by atoms with E-state index in [1.807, 2.05) is 0 Å². The number of imidazole rings is 1. The number of aliphatic hydroxyl groups excluding tert-OH is 2. The molecule has 1 aromatic carbocycles. The van der Waals surface area contributed by atoms with Crippen LogP contribution in [0.2, 0.25) is 0 Å². The summed E-state index contributed by atoms with van der Waals surface area (Å²) in [5.41, 5.74) is 1.77. The summed E-state index contributed by atoms with van der Waals surface area (Å²) >= 11 is 0. The number of halogens is 1. The molecule has 3 aromatic heterocycles. The zero-order valence-corrected chi connectivity index (χ0v) is 20.7. The summed E-state index contributed by atoms with van der Waals surface area (Å²) in [5.74, 6) is -0.347. The fourth-order valence-electron chi connectivity index (χ4n) is 4.03. The molecule has 0 spiro atoms. The number of nitrogens with zero attached hydrogens (tertiary/aromatic N) is 6. The smallest absolute Gasteiger partial charge is 0.415 e. The van der Waals surface area contributed by atoms with Gasteiger partial charge < -0.3 is 24.1 Å². The molecule has 0 fully saturated rings. The fourth-order valence-corrected chi connectivity index (χ4v) is 4.03. The number of benzene rings is 1. The Labute approximate surface area is 207 Å². The van der Waals surface area contributed by atoms with E-state index in [2.05, 4.69) is 9.83 Å². The SMILES string of the molecule is [C-]#[N+]c1cc(F)cc(-c2cc3c4c(ncn4C)c(N(C)C(=O)OC(C)(C)C)nc3n2CC(O)CO)c1. The van der Waals surface area contributed by atoms with Crippen molar-refractivity contribution in [1.29, 1.82) is 0 Å². The van der Waals surface area contributed by atoms with Crippen LogP contribution in [0.5, 0.6) is 0 Å². The van der Waals surface area contributed by atoms with Crippen molar-refractivity contribution in [3.05, 3.63) is 47.8 Å². The molecule has 0 aliphatic carbocycles. The number of carbonyl (C=O) groups excluding carboxylic acids is 1. The summed E-state index contributed by atoms with van der Waals surface area (Å²) in [4.78, 5) is 26.7. The maximum atomic E-state index is 14.3. The van der Waals surface area contributed by atoms with Gasteiger partial charge in [-0.2, -0.15) is 0 Å². The second kappa shape index (κ2) is 9.22. The van der Waals surface area contributed by atoms with Gasteiger partial charge >= 0.3 is 6.09 Å². The number of hydrogen-bond donors (Lipinski definition) is 2. The van der Waals surface area contributed by atoms with Gasteiger partial charge in [-0.05, 0) is 50.6 Å². The molecule has 0 bridgehead atoms. The summed E-state index contributed by atoms with van der Waals surface area (Å²) < 4.78 is 23.3. The third-order valence-corrected chi connectivity index (χ3v) is 5.58. The fraction of sp³-hybridized carbons (Fsp3) is 0.360. The predicted octanol–water partition coefficient (Wildman–Crippen LogP) is 4.00. The lowest BCUT2D eigenvalue weighted by Crippen LogP contribution is -2.34. The number of carbonyl (C=O) groups is 1. The van der Waals surface area contributed by atoms with Crippen LogP contribution in [-0.2, 0) is 18.3 Å². The largest absolute Gasteiger partial charge is 0.443 e. The summed E-state index contributed by atoms with van der Waals surface area (Å²) in [7, 11) is 3.33. The van der Waals surface area contributed by atoms with Crippen LogP contribution in [0.3, 0.4) is 0 Å². The van der Waals surface area contributed by atoms with Gasteiger partial charge in [0.25, 0.3) is 0 Å². The molecular formula is C25H27FN6O4. The Kier molecular flexibility index (Phi) is 6.43. The van der Waals surface area contributed by atoms with Crippen molar-refractivity contribution in [3.8, 4) is 11.3 Å². The molecule has 0 saturated heterocycles. The van der Waals surface area contributed by atoms with Crippen molar-refractivity contribution in [2.45, 2.75) is 39.0 Å². The number of ether oxygens (including phenoxy) is 1. The minimum absolute atomic E-state index is 0.0643. The quantitative estimate of drug-likeness (QED) is 0.406. The molecule has 0 saturated carbocycles. The van der Waals surface area contributed by atoms with Gasteiger partial charge in [-0.15, -0.1) is 0 Å². The molecule has 188 valence electrons. The molecule has 1 unspecified atom stereocenters. The van der Waals surface area contributed by atoms with E-state index < -0.39 is 30.2 Å². The van der Waals surface area contributed by atoms with Crippen LogP contribution >= 0.6 is 0 Å². The zero-order chi connectivity index (χ0) is 26.4. The molecule has 36 heavy (non-hydrogen) atoms. The molecule has 3 heterocycles. The third kappa shape index (κ3) is 4.60. The maximum absolute atomic E-state index is 14.3. The molecule has 10 nitrogen and oxygen atoms in total. The van der Waals surface area contributed by atoms with Crippen molar-refractivity contribution in [2.75, 3.05) is 18.6 Å². The lowest BCUT2D eigenvalue weighted by atomic mass is 10.1. The Balaban J connectivity index is 2.03. The second-order valence-electron chi connectivity index (χ2n) is 9.55. The Morgan fingerprint density at radius 2 is 2.03 bits per heavy atom. The highest BCUT2D eigenvalue weighted by Gasteiger charge is 2.27. The first-order valence-electron chi connectivity index (χ1n) is 11.2. The van der Waals surface area contributed by atoms with Crippen LogP contribution in [0.25, 0.3) is 38.2 Å². The Morgan fingerprint density at radius 1 is 1.31 bits per heavy atom. The van der Waals surface area contributed by atoms with E-state index in [-0.39, 0.29) is 18.1 Å². The first-order valence-corrected chi connectivity index (χ1v) is 11.2. The normalized spacial score (nSPS) is 12.6. The monoisotopic (exact) mass is 494 g/mol. The Hall–Kier alpha value is -4.01. The number of amides is 1. The molecule has 0 radical (unpaired) electrons. The second-order valence-corrected chi connectivity index (χ2v) is 9.55. The van der Waals surface area contributed by atoms with E-state index in [0.29, 0.717) is 33.3 Å². The van der Waals surface area contributed by atoms with E-state index in [1.54, 1.807) is 55.4 Å². The Morgan fingerprint density at radius 3 is 2.67 bits per heavy atom. The van der Waals surface area contributed by atoms with Crippen molar-refractivity contribution >= 4 is 39.7 Å². The van der Waals surface area contributed by atoms with Gasteiger partial charge in [0.2, 0.25) is 0 Å². The van der Waals surface area contributed by atoms with Crippen LogP contribution in [0.15, 0.2) is 30.6 Å². The highest BCUT2D eigenvalue weighted by molar-refractivity contribution is 6.10. The topological polar surface area (TPSA) is 110 Å². The molecule has 11 heteroatoms. The van der Waals surface area contributed by atoms with E-state index in [1.165, 1.54) is 18.0 Å². The molecule has 0 aliphatic rings. The minimum atomic E-state index is -1.13. The number of rotatable bonds is 5. The van der Waals surface area contributed by atoms with Crippen molar-refractivity contribution in [1.82, 2.24) is 19.1 Å². The summed E-state index contributed by atoms with van der Waals surface area (Å²) in [5, 5.41) is 20.5. The summed E-state index contributed by atoms with van der Waals surface area (Å²) in [6.07, 6.45) is -0.164. The highest BCUT2D eigenvalue weighted by atomic mass is 19.1. The first kappa shape index (κ1) is 25.1. The number of fused-ring (bicyclic) bond motifs is 3. The van der Waals surface area contributed by atoms with Gasteiger partial charge in [0.05, 0.1) is 37.7 Å². The third-order valence-electron chi connectivity index (χ3n) is 5.58. The minimum Gasteiger partial charge on any atom is -0.443 e. The number of aromatic nitrogens is 4. The van der Waals surface area contributed by atoms with Crippen molar-refractivity contribution < 1.29 is 24.1 Å². The van der Waals surface area contributed by atoms with Gasteiger partial charge in [0, 0.05) is 25.2 Å². The van der Waals surface area contributed by atoms with Crippen LogP contribution in [-0.4, -0.2) is 60.8 Å². The number of hydrogen-bond acceptors (Lipinski definition) is 6. The van der Waals surface area contributed by atoms with Crippen LogP contribution in [0.4, 0.5) is 20.7 Å². The molecular weight excluding hydrogens is 467 g/mol. The van der Waals surface area contributed by atoms with Gasteiger partial charge in [-0.25, -0.2) is 24.0 Å². The van der Waals surface area contributed by atoms with E-state index in [0.717, 1.165) is 6.07 Å². The number of pyridine rings is 1. The zero-order valence-electron chi connectivity index (χ0n) is 20.7. The number of anilines is 1. The first-order chi connectivity index (χ1) is 16.9. The van der Waals surface area contributed by atoms with E-state index in [4.69, 9.17) is 16.3 Å². The predicted molar refractivity (Wildman–Crippen MR) is 133 cm³/mol. The van der Waals surface area contributed by atoms with E-state index >= 15 is 0 Å². The standard InChI is InChI=1S/C25H27FN6O4/c1-25(2,3)36-24(35)31(6)23-20-21(30(5)13-28-20)18-10-19(14-7-15(26)9-16(8-14)27-4)32(22(18)29-23)11-17(34)12-33/h7-10,13,17,33-34H,11-12H2,1-3,5-6H3. The number of aliphatic hydroxyl groups is 2. The van der Waals surface area contributed by atoms with Crippen LogP contribution in [0, 0.1) is 12.4 Å². The lowest BCUT2D eigenvalue weighted by Gasteiger charge is -2.24. The molecule has 2 N–H and O–H groups in total. The Bertz CT molecular complexity index is 1510. The lowest BCUT2D eigenvalue weighted by molar-refractivity contribution is 0.0588. The highest BCUT2D eigenvalue weighted by Crippen LogP contribution is 2.37. The molecule has 4 rings (SSSR count). The van der Waals surface area contributed by atoms with Gasteiger partial charge in [0.1, 0.15) is 22.6 Å². The van der Waals surface area contributed by atoms with Crippen LogP contribution < -0.4 is 4.90 Å². The average Bonchev–Trinajstić information content (AvgIpc) is 3.37. The van der Waals surface area contributed by atoms with Gasteiger partial charge in [0.15, 0.2) is 11.5 Å². The maximum Gasteiger partial charge on any atom is 0.415 e. The van der Waals surface area contributed by atoms with Gasteiger partial charge in [-0.3, -0.25) is 4.90 Å².